The minimum Gasteiger partial charge on any atom is -0.481 e. The smallest absolute Gasteiger partial charge is 0.213 e. The summed E-state index contributed by atoms with van der Waals surface area (Å²) in [6.45, 7) is 8.91. The van der Waals surface area contributed by atoms with Crippen LogP contribution in [0.25, 0.3) is 0 Å². The summed E-state index contributed by atoms with van der Waals surface area (Å²) in [7, 11) is 1.67. The van der Waals surface area contributed by atoms with Gasteiger partial charge in [-0.25, -0.2) is 4.98 Å². The summed E-state index contributed by atoms with van der Waals surface area (Å²) in [5, 5.41) is 3.71. The van der Waals surface area contributed by atoms with E-state index >= 15 is 0 Å². The fraction of sp³-hybridized carbons (Fsp3) is 0.706. The van der Waals surface area contributed by atoms with Gasteiger partial charge in [-0.3, -0.25) is 4.90 Å². The number of nitrogens with zero attached hydrogens (tertiary/aromatic N) is 2. The van der Waals surface area contributed by atoms with E-state index in [1.165, 1.54) is 19.3 Å². The van der Waals surface area contributed by atoms with Crippen LogP contribution in [-0.4, -0.2) is 42.7 Å². The Bertz CT molecular complexity index is 424. The van der Waals surface area contributed by atoms with Gasteiger partial charge in [0.2, 0.25) is 5.88 Å². The zero-order chi connectivity index (χ0) is 15.1. The Balaban J connectivity index is 1.90. The molecule has 21 heavy (non-hydrogen) atoms. The zero-order valence-electron chi connectivity index (χ0n) is 13.6. The van der Waals surface area contributed by atoms with E-state index in [-0.39, 0.29) is 0 Å². The first kappa shape index (κ1) is 16.2. The van der Waals surface area contributed by atoms with E-state index in [0.717, 1.165) is 37.8 Å². The van der Waals surface area contributed by atoms with Gasteiger partial charge in [0.05, 0.1) is 12.8 Å². The third-order valence-electron chi connectivity index (χ3n) is 4.37. The fourth-order valence-electron chi connectivity index (χ4n) is 3.15. The van der Waals surface area contributed by atoms with Crippen molar-refractivity contribution in [2.24, 2.45) is 5.92 Å². The highest BCUT2D eigenvalue weighted by Crippen LogP contribution is 2.22. The topological polar surface area (TPSA) is 37.4 Å². The molecule has 0 aromatic carbocycles. The van der Waals surface area contributed by atoms with Gasteiger partial charge in [0.25, 0.3) is 0 Å². The molecule has 118 valence electrons. The van der Waals surface area contributed by atoms with E-state index in [1.54, 1.807) is 7.11 Å². The van der Waals surface area contributed by atoms with Gasteiger partial charge in [0, 0.05) is 31.7 Å². The second kappa shape index (κ2) is 8.35. The Morgan fingerprint density at radius 1 is 1.38 bits per heavy atom. The predicted octanol–water partition coefficient (Wildman–Crippen LogP) is 2.69. The molecular weight excluding hydrogens is 262 g/mol. The van der Waals surface area contributed by atoms with Gasteiger partial charge < -0.3 is 10.1 Å². The van der Waals surface area contributed by atoms with Crippen molar-refractivity contribution in [2.45, 2.75) is 45.7 Å². The van der Waals surface area contributed by atoms with Crippen molar-refractivity contribution in [3.8, 4) is 5.88 Å². The van der Waals surface area contributed by atoms with Crippen LogP contribution >= 0.6 is 0 Å². The Kier molecular flexibility index (Phi) is 6.46. The van der Waals surface area contributed by atoms with Crippen LogP contribution in [0, 0.1) is 5.92 Å². The van der Waals surface area contributed by atoms with Crippen molar-refractivity contribution in [1.29, 1.82) is 0 Å². The number of rotatable bonds is 7. The number of piperidine rings is 1. The average Bonchev–Trinajstić information content (AvgIpc) is 2.53. The minimum absolute atomic E-state index is 0.685. The number of hydrogen-bond acceptors (Lipinski definition) is 4. The van der Waals surface area contributed by atoms with E-state index in [1.807, 2.05) is 12.1 Å². The van der Waals surface area contributed by atoms with Crippen LogP contribution in [-0.2, 0) is 6.54 Å². The number of ether oxygens (including phenoxy) is 1. The van der Waals surface area contributed by atoms with Crippen LogP contribution in [0.1, 0.15) is 38.8 Å². The molecule has 0 spiro atoms. The Hall–Kier alpha value is -1.13. The van der Waals surface area contributed by atoms with Crippen molar-refractivity contribution in [2.75, 3.05) is 26.7 Å². The normalized spacial score (nSPS) is 23.2. The van der Waals surface area contributed by atoms with Gasteiger partial charge in [-0.1, -0.05) is 26.3 Å². The molecule has 2 rings (SSSR count). The SMILES string of the molecule is CCCNC1CCN(Cc2cccc(OC)n2)CC1CC. The summed E-state index contributed by atoms with van der Waals surface area (Å²) in [6.07, 6.45) is 3.69. The first-order valence-electron chi connectivity index (χ1n) is 8.22. The molecule has 0 aliphatic carbocycles. The molecule has 1 N–H and O–H groups in total. The third-order valence-corrected chi connectivity index (χ3v) is 4.37. The highest BCUT2D eigenvalue weighted by atomic mass is 16.5. The van der Waals surface area contributed by atoms with E-state index < -0.39 is 0 Å². The van der Waals surface area contributed by atoms with Gasteiger partial charge in [-0.15, -0.1) is 0 Å². The average molecular weight is 291 g/mol. The number of likely N-dealkylation sites (tertiary alicyclic amines) is 1. The van der Waals surface area contributed by atoms with E-state index in [0.29, 0.717) is 11.9 Å². The molecule has 0 amide bonds. The molecular formula is C17H29N3O. The first-order chi connectivity index (χ1) is 10.3. The molecule has 1 saturated heterocycles. The molecule has 0 bridgehead atoms. The van der Waals surface area contributed by atoms with Gasteiger partial charge in [0.1, 0.15) is 0 Å². The van der Waals surface area contributed by atoms with Crippen molar-refractivity contribution in [3.05, 3.63) is 23.9 Å². The monoisotopic (exact) mass is 291 g/mol. The number of pyridine rings is 1. The quantitative estimate of drug-likeness (QED) is 0.838. The first-order valence-corrected chi connectivity index (χ1v) is 8.22. The van der Waals surface area contributed by atoms with Gasteiger partial charge in [-0.2, -0.15) is 0 Å². The second-order valence-electron chi connectivity index (χ2n) is 5.92. The lowest BCUT2D eigenvalue weighted by Crippen LogP contribution is -2.49. The molecule has 1 aliphatic heterocycles. The molecule has 2 unspecified atom stereocenters. The van der Waals surface area contributed by atoms with Crippen molar-refractivity contribution in [1.82, 2.24) is 15.2 Å². The molecule has 2 atom stereocenters. The summed E-state index contributed by atoms with van der Waals surface area (Å²) in [5.41, 5.74) is 1.10. The lowest BCUT2D eigenvalue weighted by atomic mass is 9.89. The van der Waals surface area contributed by atoms with Gasteiger partial charge in [0.15, 0.2) is 0 Å². The highest BCUT2D eigenvalue weighted by Gasteiger charge is 2.27. The van der Waals surface area contributed by atoms with Crippen LogP contribution in [0.4, 0.5) is 0 Å². The Morgan fingerprint density at radius 3 is 2.95 bits per heavy atom. The van der Waals surface area contributed by atoms with E-state index in [4.69, 9.17) is 4.74 Å². The maximum absolute atomic E-state index is 5.21. The van der Waals surface area contributed by atoms with Gasteiger partial charge in [-0.05, 0) is 31.4 Å². The Morgan fingerprint density at radius 2 is 2.24 bits per heavy atom. The molecule has 0 saturated carbocycles. The van der Waals surface area contributed by atoms with Crippen molar-refractivity contribution < 1.29 is 4.74 Å². The third kappa shape index (κ3) is 4.68. The summed E-state index contributed by atoms with van der Waals surface area (Å²) in [4.78, 5) is 7.05. The molecule has 4 heteroatoms. The summed E-state index contributed by atoms with van der Waals surface area (Å²) < 4.78 is 5.21. The van der Waals surface area contributed by atoms with Crippen molar-refractivity contribution >= 4 is 0 Å². The van der Waals surface area contributed by atoms with Gasteiger partial charge >= 0.3 is 0 Å². The number of hydrogen-bond donors (Lipinski definition) is 1. The molecule has 1 fully saturated rings. The predicted molar refractivity (Wildman–Crippen MR) is 86.5 cm³/mol. The van der Waals surface area contributed by atoms with Crippen LogP contribution in [0.5, 0.6) is 5.88 Å². The summed E-state index contributed by atoms with van der Waals surface area (Å²) in [5.74, 6) is 1.45. The zero-order valence-corrected chi connectivity index (χ0v) is 13.6. The van der Waals surface area contributed by atoms with E-state index in [2.05, 4.69) is 35.1 Å². The maximum Gasteiger partial charge on any atom is 0.213 e. The molecule has 0 radical (unpaired) electrons. The molecule has 4 nitrogen and oxygen atoms in total. The van der Waals surface area contributed by atoms with Crippen LogP contribution < -0.4 is 10.1 Å². The largest absolute Gasteiger partial charge is 0.481 e. The standard InChI is InChI=1S/C17H29N3O/c1-4-10-18-16-9-11-20(12-14(16)5-2)13-15-7-6-8-17(19-15)21-3/h6-8,14,16,18H,4-5,9-13H2,1-3H3. The van der Waals surface area contributed by atoms with E-state index in [9.17, 15) is 0 Å². The lowest BCUT2D eigenvalue weighted by Gasteiger charge is -2.38. The maximum atomic E-state index is 5.21. The lowest BCUT2D eigenvalue weighted by molar-refractivity contribution is 0.127. The van der Waals surface area contributed by atoms with Crippen LogP contribution in [0.2, 0.25) is 0 Å². The minimum atomic E-state index is 0.685. The Labute approximate surface area is 128 Å². The van der Waals surface area contributed by atoms with Crippen molar-refractivity contribution in [3.63, 3.8) is 0 Å². The molecule has 1 aromatic rings. The molecule has 1 aromatic heterocycles. The summed E-state index contributed by atoms with van der Waals surface area (Å²) in [6, 6.07) is 6.70. The number of nitrogens with one attached hydrogen (secondary N) is 1. The highest BCUT2D eigenvalue weighted by molar-refractivity contribution is 5.15. The molecule has 2 heterocycles. The number of aromatic nitrogens is 1. The summed E-state index contributed by atoms with van der Waals surface area (Å²) >= 11 is 0. The molecule has 1 aliphatic rings. The van der Waals surface area contributed by atoms with Crippen LogP contribution in [0.3, 0.4) is 0 Å². The fourth-order valence-corrected chi connectivity index (χ4v) is 3.15. The van der Waals surface area contributed by atoms with Crippen LogP contribution in [0.15, 0.2) is 18.2 Å². The second-order valence-corrected chi connectivity index (χ2v) is 5.92. The number of methoxy groups -OCH3 is 1.